The SMILES string of the molecule is CC(C)CCNC(=O)N1CCCC(C(=O)O)C1. The molecule has 0 saturated carbocycles. The first kappa shape index (κ1) is 13.8. The van der Waals surface area contributed by atoms with Gasteiger partial charge in [-0.05, 0) is 25.2 Å². The van der Waals surface area contributed by atoms with Gasteiger partial charge in [0, 0.05) is 19.6 Å². The maximum Gasteiger partial charge on any atom is 0.317 e. The first-order valence-electron chi connectivity index (χ1n) is 6.26. The molecule has 2 amide bonds. The average Bonchev–Trinajstić information content (AvgIpc) is 2.28. The number of carboxylic acids is 1. The first-order valence-corrected chi connectivity index (χ1v) is 6.26. The minimum absolute atomic E-state index is 0.128. The summed E-state index contributed by atoms with van der Waals surface area (Å²) in [5.41, 5.74) is 0. The predicted octanol–water partition coefficient (Wildman–Crippen LogP) is 1.54. The first-order chi connectivity index (χ1) is 8.00. The molecule has 1 aliphatic rings. The quantitative estimate of drug-likeness (QED) is 0.785. The Bertz CT molecular complexity index is 279. The highest BCUT2D eigenvalue weighted by Crippen LogP contribution is 2.16. The highest BCUT2D eigenvalue weighted by Gasteiger charge is 2.27. The maximum atomic E-state index is 11.8. The summed E-state index contributed by atoms with van der Waals surface area (Å²) in [4.78, 5) is 24.3. The summed E-state index contributed by atoms with van der Waals surface area (Å²) < 4.78 is 0. The van der Waals surface area contributed by atoms with Crippen molar-refractivity contribution in [2.24, 2.45) is 11.8 Å². The summed E-state index contributed by atoms with van der Waals surface area (Å²) in [5.74, 6) is -0.646. The molecule has 17 heavy (non-hydrogen) atoms. The third kappa shape index (κ3) is 4.63. The molecule has 0 radical (unpaired) electrons. The van der Waals surface area contributed by atoms with E-state index in [9.17, 15) is 9.59 Å². The van der Waals surface area contributed by atoms with Crippen LogP contribution in [-0.2, 0) is 4.79 Å². The molecule has 0 aliphatic carbocycles. The molecule has 1 heterocycles. The fraction of sp³-hybridized carbons (Fsp3) is 0.833. The van der Waals surface area contributed by atoms with Crippen molar-refractivity contribution in [2.45, 2.75) is 33.1 Å². The third-order valence-corrected chi connectivity index (χ3v) is 3.06. The second-order valence-corrected chi connectivity index (χ2v) is 5.04. The number of urea groups is 1. The molecule has 5 nitrogen and oxygen atoms in total. The van der Waals surface area contributed by atoms with E-state index in [1.807, 2.05) is 0 Å². The Labute approximate surface area is 102 Å². The summed E-state index contributed by atoms with van der Waals surface area (Å²) in [5, 5.41) is 11.8. The van der Waals surface area contributed by atoms with Gasteiger partial charge in [-0.25, -0.2) is 4.79 Å². The second kappa shape index (κ2) is 6.47. The molecule has 1 aliphatic heterocycles. The normalized spacial score (nSPS) is 20.4. The van der Waals surface area contributed by atoms with Gasteiger partial charge in [0.05, 0.1) is 5.92 Å². The van der Waals surface area contributed by atoms with Crippen molar-refractivity contribution in [2.75, 3.05) is 19.6 Å². The molecule has 0 aromatic heterocycles. The van der Waals surface area contributed by atoms with Crippen LogP contribution in [-0.4, -0.2) is 41.6 Å². The molecule has 0 aromatic rings. The van der Waals surface area contributed by atoms with E-state index >= 15 is 0 Å². The predicted molar refractivity (Wildman–Crippen MR) is 64.8 cm³/mol. The number of carbonyl (C=O) groups excluding carboxylic acids is 1. The molecule has 1 atom stereocenters. The lowest BCUT2D eigenvalue weighted by Gasteiger charge is -2.30. The van der Waals surface area contributed by atoms with Gasteiger partial charge >= 0.3 is 12.0 Å². The fourth-order valence-electron chi connectivity index (χ4n) is 1.94. The topological polar surface area (TPSA) is 69.6 Å². The van der Waals surface area contributed by atoms with E-state index in [2.05, 4.69) is 19.2 Å². The zero-order chi connectivity index (χ0) is 12.8. The Morgan fingerprint density at radius 3 is 2.76 bits per heavy atom. The minimum atomic E-state index is -0.801. The Balaban J connectivity index is 2.33. The van der Waals surface area contributed by atoms with Gasteiger partial charge in [0.2, 0.25) is 0 Å². The van der Waals surface area contributed by atoms with E-state index < -0.39 is 11.9 Å². The number of piperidine rings is 1. The zero-order valence-electron chi connectivity index (χ0n) is 10.6. The van der Waals surface area contributed by atoms with Gasteiger partial charge in [0.25, 0.3) is 0 Å². The van der Waals surface area contributed by atoms with Crippen LogP contribution in [0.1, 0.15) is 33.1 Å². The van der Waals surface area contributed by atoms with Crippen LogP contribution in [0.25, 0.3) is 0 Å². The van der Waals surface area contributed by atoms with Crippen molar-refractivity contribution in [3.8, 4) is 0 Å². The lowest BCUT2D eigenvalue weighted by atomic mass is 9.99. The molecule has 1 fully saturated rings. The number of hydrogen-bond acceptors (Lipinski definition) is 2. The number of carboxylic acid groups (broad SMARTS) is 1. The molecule has 1 unspecified atom stereocenters. The van der Waals surface area contributed by atoms with E-state index in [-0.39, 0.29) is 6.03 Å². The molecule has 2 N–H and O–H groups in total. The van der Waals surface area contributed by atoms with Crippen molar-refractivity contribution in [3.63, 3.8) is 0 Å². The van der Waals surface area contributed by atoms with Crippen molar-refractivity contribution >= 4 is 12.0 Å². The monoisotopic (exact) mass is 242 g/mol. The van der Waals surface area contributed by atoms with E-state index in [0.29, 0.717) is 32.0 Å². The zero-order valence-corrected chi connectivity index (χ0v) is 10.6. The number of rotatable bonds is 4. The Morgan fingerprint density at radius 2 is 2.18 bits per heavy atom. The van der Waals surface area contributed by atoms with Gasteiger partial charge in [-0.15, -0.1) is 0 Å². The van der Waals surface area contributed by atoms with Crippen LogP contribution in [0.5, 0.6) is 0 Å². The van der Waals surface area contributed by atoms with Crippen LogP contribution < -0.4 is 5.32 Å². The van der Waals surface area contributed by atoms with Crippen LogP contribution in [0.4, 0.5) is 4.79 Å². The average molecular weight is 242 g/mol. The van der Waals surface area contributed by atoms with Crippen molar-refractivity contribution in [1.82, 2.24) is 10.2 Å². The minimum Gasteiger partial charge on any atom is -0.481 e. The smallest absolute Gasteiger partial charge is 0.317 e. The van der Waals surface area contributed by atoms with Gasteiger partial charge in [0.1, 0.15) is 0 Å². The number of carbonyl (C=O) groups is 2. The molecular weight excluding hydrogens is 220 g/mol. The molecule has 0 spiro atoms. The largest absolute Gasteiger partial charge is 0.481 e. The van der Waals surface area contributed by atoms with Gasteiger partial charge in [0.15, 0.2) is 0 Å². The Kier molecular flexibility index (Phi) is 5.25. The number of nitrogens with zero attached hydrogens (tertiary/aromatic N) is 1. The van der Waals surface area contributed by atoms with E-state index in [0.717, 1.165) is 12.8 Å². The van der Waals surface area contributed by atoms with Crippen LogP contribution in [0.15, 0.2) is 0 Å². The summed E-state index contributed by atoms with van der Waals surface area (Å²) in [6.07, 6.45) is 2.39. The van der Waals surface area contributed by atoms with Crippen molar-refractivity contribution in [1.29, 1.82) is 0 Å². The van der Waals surface area contributed by atoms with Crippen molar-refractivity contribution in [3.05, 3.63) is 0 Å². The summed E-state index contributed by atoms with van der Waals surface area (Å²) in [6.45, 7) is 5.87. The van der Waals surface area contributed by atoms with Crippen LogP contribution in [0, 0.1) is 11.8 Å². The number of likely N-dealkylation sites (tertiary alicyclic amines) is 1. The number of aliphatic carboxylic acids is 1. The number of amides is 2. The van der Waals surface area contributed by atoms with Crippen LogP contribution >= 0.6 is 0 Å². The lowest BCUT2D eigenvalue weighted by molar-refractivity contribution is -0.143. The fourth-order valence-corrected chi connectivity index (χ4v) is 1.94. The lowest BCUT2D eigenvalue weighted by Crippen LogP contribution is -2.47. The summed E-state index contributed by atoms with van der Waals surface area (Å²) >= 11 is 0. The molecule has 1 rings (SSSR count). The Morgan fingerprint density at radius 1 is 1.47 bits per heavy atom. The number of nitrogens with one attached hydrogen (secondary N) is 1. The summed E-state index contributed by atoms with van der Waals surface area (Å²) in [7, 11) is 0. The summed E-state index contributed by atoms with van der Waals surface area (Å²) in [6, 6.07) is -0.128. The van der Waals surface area contributed by atoms with Gasteiger partial charge < -0.3 is 15.3 Å². The molecular formula is C12H22N2O3. The van der Waals surface area contributed by atoms with E-state index in [4.69, 9.17) is 5.11 Å². The third-order valence-electron chi connectivity index (χ3n) is 3.06. The van der Waals surface area contributed by atoms with Crippen molar-refractivity contribution < 1.29 is 14.7 Å². The van der Waals surface area contributed by atoms with Crippen LogP contribution in [0.3, 0.4) is 0 Å². The highest BCUT2D eigenvalue weighted by molar-refractivity contribution is 5.76. The Hall–Kier alpha value is -1.26. The molecule has 0 aromatic carbocycles. The molecule has 0 bridgehead atoms. The second-order valence-electron chi connectivity index (χ2n) is 5.04. The maximum absolute atomic E-state index is 11.8. The van der Waals surface area contributed by atoms with Gasteiger partial charge in [-0.2, -0.15) is 0 Å². The van der Waals surface area contributed by atoms with Gasteiger partial charge in [-0.3, -0.25) is 4.79 Å². The van der Waals surface area contributed by atoms with Crippen LogP contribution in [0.2, 0.25) is 0 Å². The van der Waals surface area contributed by atoms with E-state index in [1.165, 1.54) is 0 Å². The standard InChI is InChI=1S/C12H22N2O3/c1-9(2)5-6-13-12(17)14-7-3-4-10(8-14)11(15)16/h9-10H,3-8H2,1-2H3,(H,13,17)(H,15,16). The number of hydrogen-bond donors (Lipinski definition) is 2. The molecule has 1 saturated heterocycles. The molecule has 98 valence electrons. The highest BCUT2D eigenvalue weighted by atomic mass is 16.4. The van der Waals surface area contributed by atoms with E-state index in [1.54, 1.807) is 4.90 Å². The molecule has 5 heteroatoms. The van der Waals surface area contributed by atoms with Gasteiger partial charge in [-0.1, -0.05) is 13.8 Å².